The van der Waals surface area contributed by atoms with Gasteiger partial charge in [-0.3, -0.25) is 14.4 Å². The lowest BCUT2D eigenvalue weighted by molar-refractivity contribution is -0.125. The molecule has 0 unspecified atom stereocenters. The minimum absolute atomic E-state index is 0.0156. The van der Waals surface area contributed by atoms with E-state index in [4.69, 9.17) is 5.73 Å². The van der Waals surface area contributed by atoms with Crippen molar-refractivity contribution in [2.45, 2.75) is 6.04 Å². The van der Waals surface area contributed by atoms with E-state index in [1.54, 1.807) is 0 Å². The fourth-order valence-electron chi connectivity index (χ4n) is 1.43. The molecule has 1 atom stereocenters. The summed E-state index contributed by atoms with van der Waals surface area (Å²) in [4.78, 5) is 27.5. The van der Waals surface area contributed by atoms with Crippen LogP contribution in [-0.2, 0) is 9.63 Å². The zero-order valence-electron chi connectivity index (χ0n) is 8.70. The van der Waals surface area contributed by atoms with Crippen molar-refractivity contribution >= 4 is 17.5 Å². The number of rotatable bonds is 2. The Hall–Kier alpha value is -2.15. The molecule has 1 heterocycles. The number of nitrogens with two attached hydrogens (primary N) is 1. The summed E-state index contributed by atoms with van der Waals surface area (Å²) in [5.74, 6) is -1.51. The summed E-state index contributed by atoms with van der Waals surface area (Å²) in [5, 5.41) is 2.43. The molecule has 7 heteroatoms. The zero-order chi connectivity index (χ0) is 12.4. The van der Waals surface area contributed by atoms with Crippen molar-refractivity contribution in [3.63, 3.8) is 0 Å². The van der Waals surface area contributed by atoms with E-state index in [9.17, 15) is 14.0 Å². The molecule has 1 saturated heterocycles. The van der Waals surface area contributed by atoms with E-state index in [1.165, 1.54) is 6.07 Å². The molecule has 2 rings (SSSR count). The summed E-state index contributed by atoms with van der Waals surface area (Å²) in [6, 6.07) is 2.66. The lowest BCUT2D eigenvalue weighted by Gasteiger charge is -2.10. The van der Waals surface area contributed by atoms with Gasteiger partial charge in [0.2, 0.25) is 0 Å². The van der Waals surface area contributed by atoms with Gasteiger partial charge in [-0.2, -0.15) is 0 Å². The maximum atomic E-state index is 12.8. The van der Waals surface area contributed by atoms with Crippen molar-refractivity contribution in [3.8, 4) is 0 Å². The fraction of sp³-hybridized carbons (Fsp3) is 0.200. The lowest BCUT2D eigenvalue weighted by Crippen LogP contribution is -2.41. The molecular formula is C10H10FN3O3. The molecule has 0 aliphatic carbocycles. The number of nitrogen functional groups attached to an aromatic ring is 1. The van der Waals surface area contributed by atoms with Crippen LogP contribution in [0.5, 0.6) is 0 Å². The first-order chi connectivity index (χ1) is 8.08. The molecule has 6 nitrogen and oxygen atoms in total. The number of hydrogen-bond donors (Lipinski definition) is 3. The number of carbonyl (C=O) groups is 2. The normalized spacial score (nSPS) is 18.9. The number of hydroxylamine groups is 1. The third-order valence-electron chi connectivity index (χ3n) is 2.30. The Kier molecular flexibility index (Phi) is 2.92. The predicted octanol–water partition coefficient (Wildman–Crippen LogP) is -0.432. The molecule has 1 aliphatic rings. The van der Waals surface area contributed by atoms with Crippen LogP contribution in [0.15, 0.2) is 18.2 Å². The quantitative estimate of drug-likeness (QED) is 0.610. The summed E-state index contributed by atoms with van der Waals surface area (Å²) in [6.45, 7) is 0.0473. The highest BCUT2D eigenvalue weighted by molar-refractivity contribution is 6.01. The van der Waals surface area contributed by atoms with Crippen molar-refractivity contribution in [1.82, 2.24) is 10.8 Å². The molecule has 90 valence electrons. The molecule has 0 aromatic heterocycles. The van der Waals surface area contributed by atoms with Crippen molar-refractivity contribution < 1.29 is 18.8 Å². The van der Waals surface area contributed by atoms with Gasteiger partial charge in [-0.15, -0.1) is 0 Å². The maximum Gasteiger partial charge on any atom is 0.268 e. The van der Waals surface area contributed by atoms with E-state index in [0.29, 0.717) is 0 Å². The Balaban J connectivity index is 2.11. The average molecular weight is 239 g/mol. The molecule has 4 N–H and O–H groups in total. The molecule has 0 saturated carbocycles. The predicted molar refractivity (Wildman–Crippen MR) is 56.2 cm³/mol. The summed E-state index contributed by atoms with van der Waals surface area (Å²) in [6.07, 6.45) is 0. The van der Waals surface area contributed by atoms with Gasteiger partial charge in [0.25, 0.3) is 11.8 Å². The van der Waals surface area contributed by atoms with Gasteiger partial charge in [-0.05, 0) is 18.2 Å². The van der Waals surface area contributed by atoms with Gasteiger partial charge in [-0.25, -0.2) is 9.87 Å². The molecule has 0 radical (unpaired) electrons. The monoisotopic (exact) mass is 239 g/mol. The summed E-state index contributed by atoms with van der Waals surface area (Å²) in [5.41, 5.74) is 7.74. The van der Waals surface area contributed by atoms with Gasteiger partial charge in [0.05, 0.1) is 5.56 Å². The van der Waals surface area contributed by atoms with Gasteiger partial charge in [0.1, 0.15) is 18.5 Å². The first-order valence-electron chi connectivity index (χ1n) is 4.85. The van der Waals surface area contributed by atoms with Gasteiger partial charge in [-0.1, -0.05) is 0 Å². The molecule has 17 heavy (non-hydrogen) atoms. The van der Waals surface area contributed by atoms with Crippen LogP contribution in [-0.4, -0.2) is 24.5 Å². The SMILES string of the molecule is Nc1cc(F)ccc1C(=O)N[C@@H]1CONC1=O. The van der Waals surface area contributed by atoms with Crippen molar-refractivity contribution in [2.75, 3.05) is 12.3 Å². The topological polar surface area (TPSA) is 93.5 Å². The number of halogens is 1. The summed E-state index contributed by atoms with van der Waals surface area (Å²) in [7, 11) is 0. The van der Waals surface area contributed by atoms with E-state index in [2.05, 4.69) is 15.6 Å². The van der Waals surface area contributed by atoms with Crippen molar-refractivity contribution in [2.24, 2.45) is 0 Å². The van der Waals surface area contributed by atoms with Gasteiger partial charge in [0, 0.05) is 5.69 Å². The van der Waals surface area contributed by atoms with E-state index < -0.39 is 23.7 Å². The standard InChI is InChI=1S/C10H10FN3O3/c11-5-1-2-6(7(12)3-5)9(15)13-8-4-17-14-10(8)16/h1-3,8H,4,12H2,(H,13,15)(H,14,16)/t8-/m1/s1. The van der Waals surface area contributed by atoms with Crippen LogP contribution < -0.4 is 16.5 Å². The van der Waals surface area contributed by atoms with E-state index in [1.807, 2.05) is 0 Å². The molecule has 1 aliphatic heterocycles. The Bertz CT molecular complexity index is 478. The van der Waals surface area contributed by atoms with Crippen molar-refractivity contribution in [3.05, 3.63) is 29.6 Å². The maximum absolute atomic E-state index is 12.8. The number of hydrogen-bond acceptors (Lipinski definition) is 4. The smallest absolute Gasteiger partial charge is 0.268 e. The molecule has 1 aromatic rings. The highest BCUT2D eigenvalue weighted by Gasteiger charge is 2.27. The summed E-state index contributed by atoms with van der Waals surface area (Å²) < 4.78 is 12.8. The third-order valence-corrected chi connectivity index (χ3v) is 2.30. The van der Waals surface area contributed by atoms with Crippen LogP contribution in [0.4, 0.5) is 10.1 Å². The van der Waals surface area contributed by atoms with Crippen LogP contribution in [0.1, 0.15) is 10.4 Å². The molecule has 1 fully saturated rings. The highest BCUT2D eigenvalue weighted by Crippen LogP contribution is 2.13. The number of nitrogens with one attached hydrogen (secondary N) is 2. The highest BCUT2D eigenvalue weighted by atomic mass is 19.1. The first kappa shape index (κ1) is 11.3. The van der Waals surface area contributed by atoms with Gasteiger partial charge < -0.3 is 11.1 Å². The van der Waals surface area contributed by atoms with Crippen LogP contribution in [0.3, 0.4) is 0 Å². The molecule has 0 bridgehead atoms. The van der Waals surface area contributed by atoms with Crippen LogP contribution in [0, 0.1) is 5.82 Å². The average Bonchev–Trinajstić information content (AvgIpc) is 2.64. The Morgan fingerprint density at radius 3 is 2.94 bits per heavy atom. The second kappa shape index (κ2) is 4.38. The van der Waals surface area contributed by atoms with Crippen LogP contribution in [0.25, 0.3) is 0 Å². The number of carbonyl (C=O) groups excluding carboxylic acids is 2. The zero-order valence-corrected chi connectivity index (χ0v) is 8.70. The largest absolute Gasteiger partial charge is 0.398 e. The molecular weight excluding hydrogens is 229 g/mol. The Morgan fingerprint density at radius 1 is 1.59 bits per heavy atom. The molecule has 0 spiro atoms. The second-order valence-corrected chi connectivity index (χ2v) is 3.53. The van der Waals surface area contributed by atoms with Gasteiger partial charge in [0.15, 0.2) is 0 Å². The fourth-order valence-corrected chi connectivity index (χ4v) is 1.43. The van der Waals surface area contributed by atoms with E-state index >= 15 is 0 Å². The van der Waals surface area contributed by atoms with Crippen molar-refractivity contribution in [1.29, 1.82) is 0 Å². The number of anilines is 1. The lowest BCUT2D eigenvalue weighted by atomic mass is 10.1. The van der Waals surface area contributed by atoms with Gasteiger partial charge >= 0.3 is 0 Å². The third kappa shape index (κ3) is 2.34. The summed E-state index contributed by atoms with van der Waals surface area (Å²) >= 11 is 0. The van der Waals surface area contributed by atoms with Crippen LogP contribution >= 0.6 is 0 Å². The second-order valence-electron chi connectivity index (χ2n) is 3.53. The van der Waals surface area contributed by atoms with Crippen LogP contribution in [0.2, 0.25) is 0 Å². The molecule has 1 aromatic carbocycles. The molecule has 2 amide bonds. The number of benzene rings is 1. The minimum Gasteiger partial charge on any atom is -0.398 e. The number of amides is 2. The van der Waals surface area contributed by atoms with E-state index in [-0.39, 0.29) is 17.9 Å². The minimum atomic E-state index is -0.757. The Morgan fingerprint density at radius 2 is 2.35 bits per heavy atom. The first-order valence-corrected chi connectivity index (χ1v) is 4.85. The Labute approximate surface area is 95.9 Å². The van der Waals surface area contributed by atoms with E-state index in [0.717, 1.165) is 12.1 Å².